The highest BCUT2D eigenvalue weighted by Gasteiger charge is 2.47. The molecule has 0 fully saturated rings. The molecule has 11 rings (SSSR count). The summed E-state index contributed by atoms with van der Waals surface area (Å²) in [6.45, 7) is 0. The predicted octanol–water partition coefficient (Wildman–Crippen LogP) is 15.3. The maximum atomic E-state index is 4.10. The third kappa shape index (κ3) is 5.05. The molecule has 9 aromatic carbocycles. The van der Waals surface area contributed by atoms with Crippen LogP contribution in [-0.4, -0.2) is 0 Å². The summed E-state index contributed by atoms with van der Waals surface area (Å²) in [5.41, 5.74) is 19.1. The van der Waals surface area contributed by atoms with Crippen molar-refractivity contribution in [2.45, 2.75) is 10.8 Å². The van der Waals surface area contributed by atoms with Crippen LogP contribution in [0.5, 0.6) is 0 Å². The number of halogens is 2. The minimum absolute atomic E-state index is 0.458. The van der Waals surface area contributed by atoms with Crippen LogP contribution in [0, 0.1) is 0 Å². The van der Waals surface area contributed by atoms with Crippen LogP contribution in [0.1, 0.15) is 44.5 Å². The highest BCUT2D eigenvalue weighted by molar-refractivity contribution is 9.11. The van der Waals surface area contributed by atoms with Crippen molar-refractivity contribution in [2.75, 3.05) is 0 Å². The average Bonchev–Trinajstić information content (AvgIpc) is 3.76. The molecule has 0 bridgehead atoms. The van der Waals surface area contributed by atoms with E-state index < -0.39 is 10.8 Å². The van der Waals surface area contributed by atoms with Gasteiger partial charge in [-0.25, -0.2) is 0 Å². The molecule has 0 atom stereocenters. The van der Waals surface area contributed by atoms with Crippen LogP contribution >= 0.6 is 31.9 Å². The van der Waals surface area contributed by atoms with Crippen LogP contribution in [-0.2, 0) is 10.8 Å². The van der Waals surface area contributed by atoms with Crippen molar-refractivity contribution in [3.63, 3.8) is 0 Å². The van der Waals surface area contributed by atoms with Gasteiger partial charge in [0.1, 0.15) is 0 Å². The lowest BCUT2D eigenvalue weighted by molar-refractivity contribution is 0.768. The molecule has 0 saturated carbocycles. The molecule has 0 unspecified atom stereocenters. The van der Waals surface area contributed by atoms with E-state index in [4.69, 9.17) is 0 Å². The topological polar surface area (TPSA) is 0 Å². The van der Waals surface area contributed by atoms with Crippen molar-refractivity contribution in [2.24, 2.45) is 0 Å². The molecule has 0 aromatic heterocycles. The van der Waals surface area contributed by atoms with Gasteiger partial charge in [-0.15, -0.1) is 0 Å². The van der Waals surface area contributed by atoms with Gasteiger partial charge in [-0.2, -0.15) is 0 Å². The average molecular weight is 869 g/mol. The number of fused-ring (bicyclic) bond motifs is 6. The Morgan fingerprint density at radius 2 is 0.534 bits per heavy atom. The summed E-state index contributed by atoms with van der Waals surface area (Å²) in [5.74, 6) is 0. The molecule has 274 valence electrons. The fraction of sp³-hybridized carbons (Fsp3) is 0.0357. The van der Waals surface area contributed by atoms with E-state index in [0.29, 0.717) is 0 Å². The van der Waals surface area contributed by atoms with E-state index in [2.05, 4.69) is 250 Å². The molecule has 2 aliphatic carbocycles. The summed E-state index contributed by atoms with van der Waals surface area (Å²) < 4.78 is 2.10. The maximum absolute atomic E-state index is 4.10. The SMILES string of the molecule is Brc1cc(-c2ccc3c(c2)C(c2ccccc2)(c2ccccc2)c2ccccc2-3)c(Br)cc1-c1ccc2c(c1)C(c1ccccc1)(c1ccccc1)c1ccccc1-2. The Morgan fingerprint density at radius 1 is 0.241 bits per heavy atom. The van der Waals surface area contributed by atoms with Crippen molar-refractivity contribution < 1.29 is 0 Å². The Balaban J connectivity index is 1.08. The zero-order chi connectivity index (χ0) is 38.8. The molecule has 2 aliphatic rings. The molecule has 0 heterocycles. The fourth-order valence-electron chi connectivity index (χ4n) is 10.2. The molecule has 0 N–H and O–H groups in total. The Morgan fingerprint density at radius 3 is 0.879 bits per heavy atom. The molecule has 0 spiro atoms. The zero-order valence-electron chi connectivity index (χ0n) is 31.5. The van der Waals surface area contributed by atoms with Crippen molar-refractivity contribution in [3.8, 4) is 44.5 Å². The second-order valence-corrected chi connectivity index (χ2v) is 17.1. The second kappa shape index (κ2) is 13.8. The van der Waals surface area contributed by atoms with Gasteiger partial charge in [0.15, 0.2) is 0 Å². The largest absolute Gasteiger partial charge is 0.0713 e. The summed E-state index contributed by atoms with van der Waals surface area (Å²) in [6, 6.07) is 80.6. The molecular weight excluding hydrogens is 832 g/mol. The van der Waals surface area contributed by atoms with Crippen molar-refractivity contribution in [3.05, 3.63) is 272 Å². The minimum Gasteiger partial charge on any atom is -0.0622 e. The molecule has 58 heavy (non-hydrogen) atoms. The zero-order valence-corrected chi connectivity index (χ0v) is 34.7. The van der Waals surface area contributed by atoms with Gasteiger partial charge < -0.3 is 0 Å². The first-order chi connectivity index (χ1) is 28.6. The molecule has 9 aromatic rings. The Bertz CT molecular complexity index is 2720. The van der Waals surface area contributed by atoms with E-state index in [-0.39, 0.29) is 0 Å². The lowest BCUT2D eigenvalue weighted by Crippen LogP contribution is -2.28. The summed E-state index contributed by atoms with van der Waals surface area (Å²) in [4.78, 5) is 0. The predicted molar refractivity (Wildman–Crippen MR) is 247 cm³/mol. The summed E-state index contributed by atoms with van der Waals surface area (Å²) in [5, 5.41) is 0. The van der Waals surface area contributed by atoms with E-state index >= 15 is 0 Å². The second-order valence-electron chi connectivity index (χ2n) is 15.4. The number of rotatable bonds is 6. The van der Waals surface area contributed by atoms with Gasteiger partial charge in [-0.3, -0.25) is 0 Å². The van der Waals surface area contributed by atoms with E-state index in [9.17, 15) is 0 Å². The Kier molecular flexibility index (Phi) is 8.36. The van der Waals surface area contributed by atoms with Gasteiger partial charge in [0.2, 0.25) is 0 Å². The van der Waals surface area contributed by atoms with E-state index in [1.54, 1.807) is 0 Å². The van der Waals surface area contributed by atoms with Gasteiger partial charge in [-0.05, 0) is 113 Å². The molecular formula is C56H36Br2. The van der Waals surface area contributed by atoms with Crippen molar-refractivity contribution in [1.82, 2.24) is 0 Å². The fourth-order valence-corrected chi connectivity index (χ4v) is 11.4. The molecule has 0 aliphatic heterocycles. The van der Waals surface area contributed by atoms with Crippen LogP contribution in [0.4, 0.5) is 0 Å². The van der Waals surface area contributed by atoms with Crippen LogP contribution in [0.15, 0.2) is 227 Å². The van der Waals surface area contributed by atoms with Gasteiger partial charge in [0.05, 0.1) is 10.8 Å². The van der Waals surface area contributed by atoms with Crippen LogP contribution in [0.3, 0.4) is 0 Å². The quantitative estimate of drug-likeness (QED) is 0.156. The normalized spacial score (nSPS) is 14.0. The summed E-state index contributed by atoms with van der Waals surface area (Å²) >= 11 is 8.21. The van der Waals surface area contributed by atoms with Gasteiger partial charge in [0, 0.05) is 8.95 Å². The highest BCUT2D eigenvalue weighted by atomic mass is 79.9. The van der Waals surface area contributed by atoms with Crippen LogP contribution < -0.4 is 0 Å². The van der Waals surface area contributed by atoms with Gasteiger partial charge in [-0.1, -0.05) is 226 Å². The minimum atomic E-state index is -0.458. The molecule has 0 saturated heterocycles. The molecule has 0 radical (unpaired) electrons. The van der Waals surface area contributed by atoms with Crippen LogP contribution in [0.2, 0.25) is 0 Å². The summed E-state index contributed by atoms with van der Waals surface area (Å²) in [7, 11) is 0. The Labute approximate surface area is 356 Å². The third-order valence-electron chi connectivity index (χ3n) is 12.6. The smallest absolute Gasteiger partial charge is 0.0622 e. The maximum Gasteiger partial charge on any atom is 0.0713 e. The first-order valence-electron chi connectivity index (χ1n) is 19.8. The van der Waals surface area contributed by atoms with E-state index in [0.717, 1.165) is 20.1 Å². The van der Waals surface area contributed by atoms with Crippen LogP contribution in [0.25, 0.3) is 44.5 Å². The van der Waals surface area contributed by atoms with E-state index in [1.807, 2.05) is 0 Å². The first-order valence-corrected chi connectivity index (χ1v) is 21.4. The molecule has 0 nitrogen and oxygen atoms in total. The monoisotopic (exact) mass is 866 g/mol. The van der Waals surface area contributed by atoms with Crippen molar-refractivity contribution >= 4 is 31.9 Å². The van der Waals surface area contributed by atoms with Gasteiger partial charge >= 0.3 is 0 Å². The molecule has 2 heteroatoms. The lowest BCUT2D eigenvalue weighted by atomic mass is 9.67. The molecule has 0 amide bonds. The highest BCUT2D eigenvalue weighted by Crippen LogP contribution is 2.59. The third-order valence-corrected chi connectivity index (χ3v) is 13.9. The van der Waals surface area contributed by atoms with Gasteiger partial charge in [0.25, 0.3) is 0 Å². The standard InChI is InChI=1S/C56H36Br2/c57-53-36-48(38-30-32-46-44-26-14-16-28-50(44)56(52(46)34-38,41-21-9-3-10-22-41)42-23-11-4-12-24-42)54(58)35-47(53)37-29-31-45-43-25-13-15-27-49(43)55(51(45)33-37,39-17-5-1-6-18-39)40-19-7-2-8-20-40/h1-36H. The Hall–Kier alpha value is -6.06. The summed E-state index contributed by atoms with van der Waals surface area (Å²) in [6.07, 6.45) is 0. The number of hydrogen-bond donors (Lipinski definition) is 0. The van der Waals surface area contributed by atoms with E-state index in [1.165, 1.54) is 77.9 Å². The number of benzene rings is 9. The lowest BCUT2D eigenvalue weighted by Gasteiger charge is -2.34. The first kappa shape index (κ1) is 35.1. The number of hydrogen-bond acceptors (Lipinski definition) is 0. The van der Waals surface area contributed by atoms with Crippen molar-refractivity contribution in [1.29, 1.82) is 0 Å².